The van der Waals surface area contributed by atoms with Crippen LogP contribution in [0.25, 0.3) is 0 Å². The monoisotopic (exact) mass is 199 g/mol. The number of rotatable bonds is 1. The molecular formula is C9H14FN3O. The molecule has 0 spiro atoms. The number of aryl methyl sites for hydroxylation is 1. The van der Waals surface area contributed by atoms with Gasteiger partial charge >= 0.3 is 0 Å². The van der Waals surface area contributed by atoms with E-state index in [-0.39, 0.29) is 17.6 Å². The minimum atomic E-state index is -0.386. The third-order valence-electron chi connectivity index (χ3n) is 2.60. The van der Waals surface area contributed by atoms with Crippen LogP contribution in [0.2, 0.25) is 0 Å². The van der Waals surface area contributed by atoms with Crippen molar-refractivity contribution in [2.45, 2.75) is 18.8 Å². The molecule has 1 aromatic heterocycles. The van der Waals surface area contributed by atoms with E-state index in [1.807, 2.05) is 0 Å². The standard InChI is InChI=1S/C9H14FN3O/c1-13-9(11)7(10)8(12-13)6-3-2-4-14-5-6/h6H,2-5,11H2,1H3. The Morgan fingerprint density at radius 1 is 1.64 bits per heavy atom. The molecule has 1 unspecified atom stereocenters. The Balaban J connectivity index is 2.26. The molecule has 1 aromatic rings. The maximum Gasteiger partial charge on any atom is 0.188 e. The van der Waals surface area contributed by atoms with E-state index in [2.05, 4.69) is 5.10 Å². The number of hydrogen-bond donors (Lipinski definition) is 1. The van der Waals surface area contributed by atoms with Crippen molar-refractivity contribution in [2.75, 3.05) is 18.9 Å². The van der Waals surface area contributed by atoms with Crippen LogP contribution < -0.4 is 5.73 Å². The lowest BCUT2D eigenvalue weighted by atomic mass is 9.98. The smallest absolute Gasteiger partial charge is 0.188 e. The molecule has 0 aromatic carbocycles. The van der Waals surface area contributed by atoms with Gasteiger partial charge in [0.15, 0.2) is 11.6 Å². The Morgan fingerprint density at radius 2 is 2.43 bits per heavy atom. The topological polar surface area (TPSA) is 53.1 Å². The van der Waals surface area contributed by atoms with Crippen LogP contribution in [0.3, 0.4) is 0 Å². The summed E-state index contributed by atoms with van der Waals surface area (Å²) in [6.07, 6.45) is 1.88. The SMILES string of the molecule is Cn1nc(C2CCCOC2)c(F)c1N. The average Bonchev–Trinajstić information content (AvgIpc) is 2.47. The maximum atomic E-state index is 13.5. The van der Waals surface area contributed by atoms with Crippen LogP contribution in [0.1, 0.15) is 24.5 Å². The number of hydrogen-bond acceptors (Lipinski definition) is 3. The number of nitrogen functional groups attached to an aromatic ring is 1. The lowest BCUT2D eigenvalue weighted by Crippen LogP contribution is -2.17. The first-order chi connectivity index (χ1) is 6.70. The van der Waals surface area contributed by atoms with Gasteiger partial charge < -0.3 is 10.5 Å². The van der Waals surface area contributed by atoms with Crippen LogP contribution in [-0.2, 0) is 11.8 Å². The van der Waals surface area contributed by atoms with Crippen LogP contribution in [0.4, 0.5) is 10.2 Å². The van der Waals surface area contributed by atoms with E-state index in [1.54, 1.807) is 7.05 Å². The summed E-state index contributed by atoms with van der Waals surface area (Å²) in [5.74, 6) is -0.221. The molecule has 4 nitrogen and oxygen atoms in total. The number of aromatic nitrogens is 2. The first kappa shape index (κ1) is 9.45. The highest BCUT2D eigenvalue weighted by Crippen LogP contribution is 2.28. The molecule has 1 fully saturated rings. The Morgan fingerprint density at radius 3 is 2.93 bits per heavy atom. The molecule has 2 rings (SSSR count). The third-order valence-corrected chi connectivity index (χ3v) is 2.60. The zero-order valence-corrected chi connectivity index (χ0v) is 8.16. The lowest BCUT2D eigenvalue weighted by Gasteiger charge is -2.19. The van der Waals surface area contributed by atoms with Gasteiger partial charge in [0.2, 0.25) is 0 Å². The van der Waals surface area contributed by atoms with Gasteiger partial charge in [0.1, 0.15) is 5.69 Å². The number of nitrogens with zero attached hydrogens (tertiary/aromatic N) is 2. The summed E-state index contributed by atoms with van der Waals surface area (Å²) in [6, 6.07) is 0. The second-order valence-electron chi connectivity index (χ2n) is 3.62. The minimum absolute atomic E-state index is 0.0623. The zero-order chi connectivity index (χ0) is 10.1. The average molecular weight is 199 g/mol. The Labute approximate surface area is 81.8 Å². The molecule has 0 radical (unpaired) electrons. The van der Waals surface area contributed by atoms with Crippen molar-refractivity contribution in [2.24, 2.45) is 7.05 Å². The second kappa shape index (κ2) is 3.57. The fraction of sp³-hybridized carbons (Fsp3) is 0.667. The van der Waals surface area contributed by atoms with Crippen molar-refractivity contribution in [1.82, 2.24) is 9.78 Å². The summed E-state index contributed by atoms with van der Waals surface area (Å²) in [4.78, 5) is 0. The van der Waals surface area contributed by atoms with E-state index in [4.69, 9.17) is 10.5 Å². The zero-order valence-electron chi connectivity index (χ0n) is 8.16. The van der Waals surface area contributed by atoms with Gasteiger partial charge in [-0.05, 0) is 12.8 Å². The van der Waals surface area contributed by atoms with Gasteiger partial charge in [0.25, 0.3) is 0 Å². The van der Waals surface area contributed by atoms with E-state index in [0.29, 0.717) is 12.3 Å². The minimum Gasteiger partial charge on any atom is -0.381 e. The van der Waals surface area contributed by atoms with Crippen molar-refractivity contribution in [3.05, 3.63) is 11.5 Å². The summed E-state index contributed by atoms with van der Waals surface area (Å²) >= 11 is 0. The van der Waals surface area contributed by atoms with E-state index < -0.39 is 0 Å². The Hall–Kier alpha value is -1.10. The second-order valence-corrected chi connectivity index (χ2v) is 3.62. The highest BCUT2D eigenvalue weighted by molar-refractivity contribution is 5.35. The normalized spacial score (nSPS) is 22.6. The predicted molar refractivity (Wildman–Crippen MR) is 50.4 cm³/mol. The van der Waals surface area contributed by atoms with Crippen molar-refractivity contribution in [3.8, 4) is 0 Å². The Kier molecular flexibility index (Phi) is 2.41. The van der Waals surface area contributed by atoms with Gasteiger partial charge in [-0.15, -0.1) is 0 Å². The third kappa shape index (κ3) is 1.48. The van der Waals surface area contributed by atoms with Crippen molar-refractivity contribution in [1.29, 1.82) is 0 Å². The summed E-state index contributed by atoms with van der Waals surface area (Å²) in [5.41, 5.74) is 5.94. The lowest BCUT2D eigenvalue weighted by molar-refractivity contribution is 0.0781. The van der Waals surface area contributed by atoms with E-state index in [9.17, 15) is 4.39 Å². The molecule has 78 valence electrons. The number of anilines is 1. The van der Waals surface area contributed by atoms with Gasteiger partial charge in [-0.1, -0.05) is 0 Å². The fourth-order valence-electron chi connectivity index (χ4n) is 1.75. The highest BCUT2D eigenvalue weighted by atomic mass is 19.1. The molecule has 5 heteroatoms. The van der Waals surface area contributed by atoms with Gasteiger partial charge in [0.05, 0.1) is 6.61 Å². The molecule has 0 bridgehead atoms. The van der Waals surface area contributed by atoms with Gasteiger partial charge in [-0.25, -0.2) is 4.39 Å². The molecule has 2 N–H and O–H groups in total. The molecule has 1 aliphatic rings. The molecule has 2 heterocycles. The van der Waals surface area contributed by atoms with Crippen molar-refractivity contribution < 1.29 is 9.13 Å². The molecule has 1 aliphatic heterocycles. The predicted octanol–water partition coefficient (Wildman–Crippen LogP) is 1.04. The number of nitrogens with two attached hydrogens (primary N) is 1. The van der Waals surface area contributed by atoms with E-state index in [0.717, 1.165) is 19.4 Å². The largest absolute Gasteiger partial charge is 0.381 e. The Bertz CT molecular complexity index is 331. The summed E-state index contributed by atoms with van der Waals surface area (Å²) in [5, 5.41) is 4.07. The summed E-state index contributed by atoms with van der Waals surface area (Å²) in [6.45, 7) is 1.31. The van der Waals surface area contributed by atoms with Crippen LogP contribution in [-0.4, -0.2) is 23.0 Å². The van der Waals surface area contributed by atoms with Crippen LogP contribution in [0.5, 0.6) is 0 Å². The van der Waals surface area contributed by atoms with Crippen LogP contribution in [0, 0.1) is 5.82 Å². The van der Waals surface area contributed by atoms with Crippen LogP contribution >= 0.6 is 0 Å². The van der Waals surface area contributed by atoms with E-state index >= 15 is 0 Å². The van der Waals surface area contributed by atoms with Crippen molar-refractivity contribution >= 4 is 5.82 Å². The van der Waals surface area contributed by atoms with E-state index in [1.165, 1.54) is 4.68 Å². The van der Waals surface area contributed by atoms with Crippen LogP contribution in [0.15, 0.2) is 0 Å². The van der Waals surface area contributed by atoms with Crippen molar-refractivity contribution in [3.63, 3.8) is 0 Å². The highest BCUT2D eigenvalue weighted by Gasteiger charge is 2.24. The van der Waals surface area contributed by atoms with Gasteiger partial charge in [0, 0.05) is 19.6 Å². The number of ether oxygens (including phenoxy) is 1. The first-order valence-corrected chi connectivity index (χ1v) is 4.75. The molecule has 0 aliphatic carbocycles. The molecular weight excluding hydrogens is 185 g/mol. The maximum absolute atomic E-state index is 13.5. The quantitative estimate of drug-likeness (QED) is 0.735. The van der Waals surface area contributed by atoms with Gasteiger partial charge in [-0.2, -0.15) is 5.10 Å². The molecule has 1 atom stereocenters. The molecule has 0 saturated carbocycles. The molecule has 0 amide bonds. The summed E-state index contributed by atoms with van der Waals surface area (Å²) in [7, 11) is 1.64. The number of halogens is 1. The van der Waals surface area contributed by atoms with Gasteiger partial charge in [-0.3, -0.25) is 4.68 Å². The molecule has 14 heavy (non-hydrogen) atoms. The fourth-order valence-corrected chi connectivity index (χ4v) is 1.75. The first-order valence-electron chi connectivity index (χ1n) is 4.75. The molecule has 1 saturated heterocycles. The summed E-state index contributed by atoms with van der Waals surface area (Å²) < 4.78 is 20.2.